The average molecular weight is 272 g/mol. The molecule has 1 N–H and O–H groups in total. The Balaban J connectivity index is 1.79. The highest BCUT2D eigenvalue weighted by molar-refractivity contribution is 5.77. The Morgan fingerprint density at radius 1 is 1.40 bits per heavy atom. The molecule has 1 amide bonds. The van der Waals surface area contributed by atoms with Gasteiger partial charge in [-0.2, -0.15) is 5.26 Å². The molecule has 1 fully saturated rings. The normalized spacial score (nSPS) is 16.4. The quantitative estimate of drug-likeness (QED) is 0.896. The summed E-state index contributed by atoms with van der Waals surface area (Å²) >= 11 is 0. The molecule has 0 bridgehead atoms. The minimum Gasteiger partial charge on any atom is -0.482 e. The molecule has 0 spiro atoms. The monoisotopic (exact) mass is 272 g/mol. The van der Waals surface area contributed by atoms with Crippen molar-refractivity contribution >= 4 is 5.91 Å². The molecular weight excluding hydrogens is 252 g/mol. The van der Waals surface area contributed by atoms with Crippen molar-refractivity contribution in [1.82, 2.24) is 5.32 Å². The second-order valence-electron chi connectivity index (χ2n) is 5.69. The third kappa shape index (κ3) is 3.74. The summed E-state index contributed by atoms with van der Waals surface area (Å²) < 4.78 is 5.40. The van der Waals surface area contributed by atoms with Crippen molar-refractivity contribution in [1.29, 1.82) is 5.26 Å². The zero-order valence-electron chi connectivity index (χ0n) is 11.8. The lowest BCUT2D eigenvalue weighted by molar-refractivity contribution is -0.123. The van der Waals surface area contributed by atoms with Gasteiger partial charge < -0.3 is 10.1 Å². The summed E-state index contributed by atoms with van der Waals surface area (Å²) in [5.41, 5.74) is 0.684. The molecule has 0 saturated heterocycles. The van der Waals surface area contributed by atoms with Crippen molar-refractivity contribution in [2.75, 3.05) is 13.2 Å². The summed E-state index contributed by atoms with van der Waals surface area (Å²) in [4.78, 5) is 11.8. The van der Waals surface area contributed by atoms with E-state index in [9.17, 15) is 4.79 Å². The first-order chi connectivity index (χ1) is 9.63. The molecule has 0 aromatic heterocycles. The van der Waals surface area contributed by atoms with Gasteiger partial charge in [-0.3, -0.25) is 4.79 Å². The predicted molar refractivity (Wildman–Crippen MR) is 76.2 cm³/mol. The van der Waals surface area contributed by atoms with Crippen LogP contribution in [0.5, 0.6) is 5.75 Å². The summed E-state index contributed by atoms with van der Waals surface area (Å²) in [7, 11) is 0. The van der Waals surface area contributed by atoms with Crippen molar-refractivity contribution < 1.29 is 9.53 Å². The van der Waals surface area contributed by atoms with E-state index >= 15 is 0 Å². The molecule has 0 radical (unpaired) electrons. The summed E-state index contributed by atoms with van der Waals surface area (Å²) in [6.45, 7) is 2.87. The minimum atomic E-state index is -0.133. The molecule has 0 aliphatic heterocycles. The molecular formula is C16H20N2O2. The predicted octanol–water partition coefficient (Wildman–Crippen LogP) is 2.63. The molecule has 4 heteroatoms. The lowest BCUT2D eigenvalue weighted by atomic mass is 9.89. The van der Waals surface area contributed by atoms with Crippen molar-refractivity contribution in [2.45, 2.75) is 32.6 Å². The van der Waals surface area contributed by atoms with Crippen LogP contribution >= 0.6 is 0 Å². The number of hydrogen-bond donors (Lipinski definition) is 1. The zero-order chi connectivity index (χ0) is 14.4. The number of carbonyl (C=O) groups excluding carboxylic acids is 1. The van der Waals surface area contributed by atoms with Crippen molar-refractivity contribution in [3.8, 4) is 11.8 Å². The second kappa shape index (κ2) is 6.42. The molecule has 20 heavy (non-hydrogen) atoms. The van der Waals surface area contributed by atoms with Crippen LogP contribution in [0.15, 0.2) is 24.3 Å². The fourth-order valence-electron chi connectivity index (χ4n) is 2.60. The van der Waals surface area contributed by atoms with Gasteiger partial charge in [0, 0.05) is 6.54 Å². The van der Waals surface area contributed by atoms with Gasteiger partial charge in [0.15, 0.2) is 6.61 Å². The van der Waals surface area contributed by atoms with Crippen molar-refractivity contribution in [3.05, 3.63) is 29.8 Å². The van der Waals surface area contributed by atoms with Gasteiger partial charge in [0.25, 0.3) is 5.91 Å². The highest BCUT2D eigenvalue weighted by Crippen LogP contribution is 2.36. The first-order valence-corrected chi connectivity index (χ1v) is 7.02. The van der Waals surface area contributed by atoms with Crippen molar-refractivity contribution in [3.63, 3.8) is 0 Å². The van der Waals surface area contributed by atoms with E-state index in [0.29, 0.717) is 17.9 Å². The average Bonchev–Trinajstić information content (AvgIpc) is 2.90. The Hall–Kier alpha value is -2.02. The van der Waals surface area contributed by atoms with E-state index in [1.165, 1.54) is 25.7 Å². The summed E-state index contributed by atoms with van der Waals surface area (Å²) in [6, 6.07) is 8.97. The first kappa shape index (κ1) is 14.4. The number of nitrogens with zero attached hydrogens (tertiary/aromatic N) is 1. The van der Waals surface area contributed by atoms with Crippen molar-refractivity contribution in [2.24, 2.45) is 5.41 Å². The number of ether oxygens (including phenoxy) is 1. The highest BCUT2D eigenvalue weighted by Gasteiger charge is 2.28. The van der Waals surface area contributed by atoms with Crippen LogP contribution in [0.4, 0.5) is 0 Å². The standard InChI is InChI=1S/C16H20N2O2/c1-16(8-4-5-9-16)12-18-15(19)11-20-14-7-3-2-6-13(14)10-17/h2-3,6-7H,4-5,8-9,11-12H2,1H3,(H,18,19). The molecule has 1 aromatic rings. The Labute approximate surface area is 119 Å². The lowest BCUT2D eigenvalue weighted by Crippen LogP contribution is -2.36. The number of benzene rings is 1. The van der Waals surface area contributed by atoms with E-state index < -0.39 is 0 Å². The van der Waals surface area contributed by atoms with Crippen LogP contribution in [-0.2, 0) is 4.79 Å². The Bertz CT molecular complexity index is 513. The maximum absolute atomic E-state index is 11.8. The topological polar surface area (TPSA) is 62.1 Å². The van der Waals surface area contributed by atoms with E-state index in [-0.39, 0.29) is 17.9 Å². The summed E-state index contributed by atoms with van der Waals surface area (Å²) in [5, 5.41) is 11.9. The van der Waals surface area contributed by atoms with Crippen LogP contribution in [0.2, 0.25) is 0 Å². The molecule has 1 aliphatic carbocycles. The molecule has 0 atom stereocenters. The Kier molecular flexibility index (Phi) is 4.62. The molecule has 1 aromatic carbocycles. The lowest BCUT2D eigenvalue weighted by Gasteiger charge is -2.23. The third-order valence-electron chi connectivity index (χ3n) is 3.89. The van der Waals surface area contributed by atoms with Gasteiger partial charge in [-0.05, 0) is 30.4 Å². The maximum atomic E-state index is 11.8. The number of rotatable bonds is 5. The van der Waals surface area contributed by atoms with E-state index in [1.807, 2.05) is 6.07 Å². The maximum Gasteiger partial charge on any atom is 0.257 e. The van der Waals surface area contributed by atoms with Crippen LogP contribution in [0, 0.1) is 16.7 Å². The summed E-state index contributed by atoms with van der Waals surface area (Å²) in [6.07, 6.45) is 4.84. The van der Waals surface area contributed by atoms with E-state index in [2.05, 4.69) is 12.2 Å². The molecule has 106 valence electrons. The number of nitriles is 1. The largest absolute Gasteiger partial charge is 0.482 e. The van der Waals surface area contributed by atoms with Gasteiger partial charge >= 0.3 is 0 Å². The molecule has 0 heterocycles. The van der Waals surface area contributed by atoms with E-state index in [4.69, 9.17) is 10.00 Å². The Morgan fingerprint density at radius 3 is 2.80 bits per heavy atom. The van der Waals surface area contributed by atoms with Gasteiger partial charge in [-0.1, -0.05) is 31.9 Å². The van der Waals surface area contributed by atoms with Crippen LogP contribution in [0.25, 0.3) is 0 Å². The Morgan fingerprint density at radius 2 is 2.10 bits per heavy atom. The number of carbonyl (C=O) groups is 1. The number of nitrogens with one attached hydrogen (secondary N) is 1. The third-order valence-corrected chi connectivity index (χ3v) is 3.89. The molecule has 0 unspecified atom stereocenters. The SMILES string of the molecule is CC1(CNC(=O)COc2ccccc2C#N)CCCC1. The fraction of sp³-hybridized carbons (Fsp3) is 0.500. The van der Waals surface area contributed by atoms with Crippen LogP contribution in [0.3, 0.4) is 0 Å². The first-order valence-electron chi connectivity index (χ1n) is 7.02. The number of hydrogen-bond acceptors (Lipinski definition) is 3. The van der Waals surface area contributed by atoms with Gasteiger partial charge in [0.1, 0.15) is 11.8 Å². The second-order valence-corrected chi connectivity index (χ2v) is 5.69. The number of amides is 1. The minimum absolute atomic E-state index is 0.0469. The highest BCUT2D eigenvalue weighted by atomic mass is 16.5. The molecule has 4 nitrogen and oxygen atoms in total. The van der Waals surface area contributed by atoms with Crippen LogP contribution in [0.1, 0.15) is 38.2 Å². The van der Waals surface area contributed by atoms with Gasteiger partial charge in [0.2, 0.25) is 0 Å². The van der Waals surface area contributed by atoms with Gasteiger partial charge in [-0.15, -0.1) is 0 Å². The molecule has 1 saturated carbocycles. The summed E-state index contributed by atoms with van der Waals surface area (Å²) in [5.74, 6) is 0.322. The van der Waals surface area contributed by atoms with Gasteiger partial charge in [-0.25, -0.2) is 0 Å². The van der Waals surface area contributed by atoms with Gasteiger partial charge in [0.05, 0.1) is 5.56 Å². The zero-order valence-corrected chi connectivity index (χ0v) is 11.8. The van der Waals surface area contributed by atoms with Crippen LogP contribution in [-0.4, -0.2) is 19.1 Å². The van der Waals surface area contributed by atoms with E-state index in [0.717, 1.165) is 0 Å². The van der Waals surface area contributed by atoms with Crippen LogP contribution < -0.4 is 10.1 Å². The smallest absolute Gasteiger partial charge is 0.257 e. The number of para-hydroxylation sites is 1. The molecule has 1 aliphatic rings. The van der Waals surface area contributed by atoms with E-state index in [1.54, 1.807) is 24.3 Å². The molecule has 2 rings (SSSR count). The fourth-order valence-corrected chi connectivity index (χ4v) is 2.60.